The molecule has 2 aromatic carbocycles. The Morgan fingerprint density at radius 1 is 1.19 bits per heavy atom. The molecule has 0 aromatic heterocycles. The smallest absolute Gasteiger partial charge is 0.144 e. The van der Waals surface area contributed by atoms with Gasteiger partial charge in [0.2, 0.25) is 0 Å². The maximum absolute atomic E-state index is 13.2. The van der Waals surface area contributed by atoms with E-state index < -0.39 is 0 Å². The Bertz CT molecular complexity index is 601. The molecule has 0 aliphatic carbocycles. The molecular weight excluding hydrogens is 267 g/mol. The highest BCUT2D eigenvalue weighted by Crippen LogP contribution is 2.28. The van der Waals surface area contributed by atoms with Crippen LogP contribution in [0.25, 0.3) is 0 Å². The quantitative estimate of drug-likeness (QED) is 0.821. The summed E-state index contributed by atoms with van der Waals surface area (Å²) < 4.78 is 18.9. The first-order valence-electron chi connectivity index (χ1n) is 7.08. The van der Waals surface area contributed by atoms with Crippen molar-refractivity contribution in [2.75, 3.05) is 24.3 Å². The van der Waals surface area contributed by atoms with Crippen LogP contribution in [-0.2, 0) is 6.54 Å². The van der Waals surface area contributed by atoms with E-state index in [1.165, 1.54) is 6.07 Å². The minimum atomic E-state index is -0.217. The SMILES string of the molecule is CCCOc1cc(N(C)Cc2cccc(F)c2)ccc1N. The third kappa shape index (κ3) is 4.12. The first-order valence-corrected chi connectivity index (χ1v) is 7.08. The molecule has 0 aliphatic rings. The maximum atomic E-state index is 13.2. The van der Waals surface area contributed by atoms with E-state index in [9.17, 15) is 4.39 Å². The van der Waals surface area contributed by atoms with Gasteiger partial charge in [-0.25, -0.2) is 4.39 Å². The third-order valence-electron chi connectivity index (χ3n) is 3.21. The van der Waals surface area contributed by atoms with E-state index in [1.807, 2.05) is 36.2 Å². The lowest BCUT2D eigenvalue weighted by molar-refractivity contribution is 0.319. The van der Waals surface area contributed by atoms with Gasteiger partial charge in [0.15, 0.2) is 0 Å². The van der Waals surface area contributed by atoms with Gasteiger partial charge in [-0.3, -0.25) is 0 Å². The predicted molar refractivity (Wildman–Crippen MR) is 85.1 cm³/mol. The first-order chi connectivity index (χ1) is 10.1. The summed E-state index contributed by atoms with van der Waals surface area (Å²) in [4.78, 5) is 2.03. The van der Waals surface area contributed by atoms with Crippen molar-refractivity contribution >= 4 is 11.4 Å². The number of halogens is 1. The number of hydrogen-bond donors (Lipinski definition) is 1. The van der Waals surface area contributed by atoms with E-state index in [2.05, 4.69) is 6.92 Å². The second kappa shape index (κ2) is 6.97. The molecule has 2 aromatic rings. The number of nitrogens with zero attached hydrogens (tertiary/aromatic N) is 1. The Balaban J connectivity index is 2.13. The first kappa shape index (κ1) is 15.2. The molecule has 0 spiro atoms. The van der Waals surface area contributed by atoms with Gasteiger partial charge >= 0.3 is 0 Å². The molecule has 0 aliphatic heterocycles. The summed E-state index contributed by atoms with van der Waals surface area (Å²) in [7, 11) is 1.96. The van der Waals surface area contributed by atoms with Crippen LogP contribution in [0.1, 0.15) is 18.9 Å². The molecule has 0 atom stereocenters. The monoisotopic (exact) mass is 288 g/mol. The largest absolute Gasteiger partial charge is 0.491 e. The van der Waals surface area contributed by atoms with Crippen LogP contribution in [0.2, 0.25) is 0 Å². The molecule has 0 saturated carbocycles. The van der Waals surface area contributed by atoms with Crippen molar-refractivity contribution in [3.05, 3.63) is 53.8 Å². The van der Waals surface area contributed by atoms with Crippen molar-refractivity contribution in [1.82, 2.24) is 0 Å². The van der Waals surface area contributed by atoms with Crippen LogP contribution in [0, 0.1) is 5.82 Å². The Morgan fingerprint density at radius 2 is 2.00 bits per heavy atom. The molecule has 0 bridgehead atoms. The second-order valence-electron chi connectivity index (χ2n) is 5.06. The summed E-state index contributed by atoms with van der Waals surface area (Å²) in [5, 5.41) is 0. The molecule has 2 N–H and O–H groups in total. The van der Waals surface area contributed by atoms with Gasteiger partial charge in [0.1, 0.15) is 11.6 Å². The number of nitrogens with two attached hydrogens (primary N) is 1. The summed E-state index contributed by atoms with van der Waals surface area (Å²) in [6, 6.07) is 12.3. The highest BCUT2D eigenvalue weighted by atomic mass is 19.1. The van der Waals surface area contributed by atoms with Crippen molar-refractivity contribution < 1.29 is 9.13 Å². The van der Waals surface area contributed by atoms with E-state index in [4.69, 9.17) is 10.5 Å². The molecule has 2 rings (SSSR count). The number of hydrogen-bond acceptors (Lipinski definition) is 3. The summed E-state index contributed by atoms with van der Waals surface area (Å²) in [6.45, 7) is 3.31. The van der Waals surface area contributed by atoms with Gasteiger partial charge in [0.25, 0.3) is 0 Å². The van der Waals surface area contributed by atoms with E-state index in [1.54, 1.807) is 12.1 Å². The van der Waals surface area contributed by atoms with Gasteiger partial charge in [0.05, 0.1) is 12.3 Å². The summed E-state index contributed by atoms with van der Waals surface area (Å²) in [5.41, 5.74) is 8.45. The maximum Gasteiger partial charge on any atom is 0.144 e. The highest BCUT2D eigenvalue weighted by Gasteiger charge is 2.07. The highest BCUT2D eigenvalue weighted by molar-refractivity contribution is 5.62. The van der Waals surface area contributed by atoms with Gasteiger partial charge < -0.3 is 15.4 Å². The Labute approximate surface area is 125 Å². The zero-order chi connectivity index (χ0) is 15.2. The van der Waals surface area contributed by atoms with Crippen LogP contribution in [0.5, 0.6) is 5.75 Å². The lowest BCUT2D eigenvalue weighted by Gasteiger charge is -2.21. The molecular formula is C17H21FN2O. The summed E-state index contributed by atoms with van der Waals surface area (Å²) in [6.07, 6.45) is 0.933. The fourth-order valence-corrected chi connectivity index (χ4v) is 2.10. The van der Waals surface area contributed by atoms with Crippen LogP contribution < -0.4 is 15.4 Å². The standard InChI is InChI=1S/C17H21FN2O/c1-3-9-21-17-11-15(7-8-16(17)19)20(2)12-13-5-4-6-14(18)10-13/h4-8,10-11H,3,9,12,19H2,1-2H3. The van der Waals surface area contributed by atoms with E-state index in [-0.39, 0.29) is 5.82 Å². The molecule has 4 heteroatoms. The number of rotatable bonds is 6. The molecule has 112 valence electrons. The van der Waals surface area contributed by atoms with Crippen LogP contribution in [0.15, 0.2) is 42.5 Å². The molecule has 0 unspecified atom stereocenters. The average molecular weight is 288 g/mol. The topological polar surface area (TPSA) is 38.5 Å². The van der Waals surface area contributed by atoms with Crippen LogP contribution in [-0.4, -0.2) is 13.7 Å². The third-order valence-corrected chi connectivity index (χ3v) is 3.21. The van der Waals surface area contributed by atoms with Gasteiger partial charge in [-0.2, -0.15) is 0 Å². The minimum Gasteiger partial charge on any atom is -0.491 e. The molecule has 0 radical (unpaired) electrons. The summed E-state index contributed by atoms with van der Waals surface area (Å²) in [5.74, 6) is 0.477. The molecule has 21 heavy (non-hydrogen) atoms. The predicted octanol–water partition coefficient (Wildman–Crippen LogP) is 3.83. The van der Waals surface area contributed by atoms with E-state index in [0.717, 1.165) is 17.7 Å². The molecule has 0 amide bonds. The number of anilines is 2. The lowest BCUT2D eigenvalue weighted by Crippen LogP contribution is -2.16. The Hall–Kier alpha value is -2.23. The normalized spacial score (nSPS) is 10.4. The molecule has 0 heterocycles. The molecule has 0 saturated heterocycles. The Kier molecular flexibility index (Phi) is 5.04. The fraction of sp³-hybridized carbons (Fsp3) is 0.294. The second-order valence-corrected chi connectivity index (χ2v) is 5.06. The number of ether oxygens (including phenoxy) is 1. The van der Waals surface area contributed by atoms with Crippen molar-refractivity contribution in [3.63, 3.8) is 0 Å². The van der Waals surface area contributed by atoms with Gasteiger partial charge in [-0.1, -0.05) is 19.1 Å². The van der Waals surface area contributed by atoms with Crippen molar-refractivity contribution in [2.24, 2.45) is 0 Å². The average Bonchev–Trinajstić information content (AvgIpc) is 2.46. The van der Waals surface area contributed by atoms with Crippen molar-refractivity contribution in [3.8, 4) is 5.75 Å². The lowest BCUT2D eigenvalue weighted by atomic mass is 10.2. The zero-order valence-electron chi connectivity index (χ0n) is 12.5. The van der Waals surface area contributed by atoms with E-state index >= 15 is 0 Å². The number of benzene rings is 2. The zero-order valence-corrected chi connectivity index (χ0v) is 12.5. The van der Waals surface area contributed by atoms with Crippen LogP contribution in [0.4, 0.5) is 15.8 Å². The van der Waals surface area contributed by atoms with Gasteiger partial charge in [0, 0.05) is 25.3 Å². The van der Waals surface area contributed by atoms with Crippen molar-refractivity contribution in [2.45, 2.75) is 19.9 Å². The van der Waals surface area contributed by atoms with Crippen molar-refractivity contribution in [1.29, 1.82) is 0 Å². The summed E-state index contributed by atoms with van der Waals surface area (Å²) >= 11 is 0. The minimum absolute atomic E-state index is 0.217. The fourth-order valence-electron chi connectivity index (χ4n) is 2.10. The Morgan fingerprint density at radius 3 is 2.71 bits per heavy atom. The molecule has 0 fully saturated rings. The van der Waals surface area contributed by atoms with Crippen LogP contribution >= 0.6 is 0 Å². The van der Waals surface area contributed by atoms with Crippen LogP contribution in [0.3, 0.4) is 0 Å². The van der Waals surface area contributed by atoms with Gasteiger partial charge in [-0.15, -0.1) is 0 Å². The molecule has 3 nitrogen and oxygen atoms in total. The van der Waals surface area contributed by atoms with Gasteiger partial charge in [-0.05, 0) is 36.2 Å². The number of nitrogen functional groups attached to an aromatic ring is 1. The van der Waals surface area contributed by atoms with E-state index in [0.29, 0.717) is 24.6 Å².